The number of carboxylic acid groups (broad SMARTS) is 1. The van der Waals surface area contributed by atoms with Crippen molar-refractivity contribution in [3.63, 3.8) is 0 Å². The molecule has 2 aliphatic rings. The summed E-state index contributed by atoms with van der Waals surface area (Å²) in [7, 11) is 0. The van der Waals surface area contributed by atoms with Gasteiger partial charge in [0.15, 0.2) is 0 Å². The van der Waals surface area contributed by atoms with Crippen molar-refractivity contribution in [1.29, 1.82) is 0 Å². The molecule has 1 aromatic carbocycles. The van der Waals surface area contributed by atoms with Gasteiger partial charge in [0.05, 0.1) is 18.0 Å². The molecule has 2 N–H and O–H groups in total. The van der Waals surface area contributed by atoms with E-state index in [4.69, 9.17) is 5.11 Å². The van der Waals surface area contributed by atoms with Gasteiger partial charge < -0.3 is 10.4 Å². The number of anilines is 1. The van der Waals surface area contributed by atoms with E-state index in [1.54, 1.807) is 31.2 Å². The van der Waals surface area contributed by atoms with Gasteiger partial charge >= 0.3 is 5.97 Å². The van der Waals surface area contributed by atoms with Gasteiger partial charge in [-0.25, -0.2) is 5.01 Å². The van der Waals surface area contributed by atoms with Crippen molar-refractivity contribution in [1.82, 2.24) is 5.32 Å². The van der Waals surface area contributed by atoms with Crippen LogP contribution in [0.3, 0.4) is 0 Å². The molecule has 2 amide bonds. The van der Waals surface area contributed by atoms with Crippen LogP contribution >= 0.6 is 0 Å². The third-order valence-electron chi connectivity index (χ3n) is 4.65. The van der Waals surface area contributed by atoms with E-state index in [2.05, 4.69) is 10.4 Å². The van der Waals surface area contributed by atoms with Crippen molar-refractivity contribution in [3.05, 3.63) is 29.8 Å². The average Bonchev–Trinajstić information content (AvgIpc) is 2.93. The molecular weight excluding hydrogens is 322 g/mol. The molecule has 1 heterocycles. The number of carboxylic acids is 1. The number of carbonyl (C=O) groups excluding carboxylic acids is 2. The van der Waals surface area contributed by atoms with Gasteiger partial charge in [-0.1, -0.05) is 6.42 Å². The molecule has 0 spiro atoms. The SMILES string of the molecule is CC1=NN(c2ccc(C(=O)NC3CCCC(C(=O)O)C3)cc2)C(=O)C1. The van der Waals surface area contributed by atoms with Crippen LogP contribution in [0.25, 0.3) is 0 Å². The largest absolute Gasteiger partial charge is 0.481 e. The molecule has 1 aliphatic heterocycles. The summed E-state index contributed by atoms with van der Waals surface area (Å²) in [6, 6.07) is 6.57. The first-order valence-electron chi connectivity index (χ1n) is 8.45. The summed E-state index contributed by atoms with van der Waals surface area (Å²) in [6.07, 6.45) is 3.05. The highest BCUT2D eigenvalue weighted by atomic mass is 16.4. The minimum absolute atomic E-state index is 0.0865. The zero-order chi connectivity index (χ0) is 18.0. The monoisotopic (exact) mass is 343 g/mol. The number of nitrogens with one attached hydrogen (secondary N) is 1. The molecule has 1 aromatic rings. The molecule has 7 nitrogen and oxygen atoms in total. The Morgan fingerprint density at radius 1 is 1.24 bits per heavy atom. The van der Waals surface area contributed by atoms with Crippen molar-refractivity contribution in [2.24, 2.45) is 11.0 Å². The van der Waals surface area contributed by atoms with Gasteiger partial charge in [-0.2, -0.15) is 5.10 Å². The predicted molar refractivity (Wildman–Crippen MR) is 92.5 cm³/mol. The van der Waals surface area contributed by atoms with Gasteiger partial charge in [-0.05, 0) is 50.5 Å². The van der Waals surface area contributed by atoms with Crippen molar-refractivity contribution in [3.8, 4) is 0 Å². The van der Waals surface area contributed by atoms with E-state index in [-0.39, 0.29) is 23.8 Å². The van der Waals surface area contributed by atoms with Crippen LogP contribution in [0.5, 0.6) is 0 Å². The molecule has 0 radical (unpaired) electrons. The second kappa shape index (κ2) is 7.04. The van der Waals surface area contributed by atoms with Crippen molar-refractivity contribution >= 4 is 29.2 Å². The van der Waals surface area contributed by atoms with Gasteiger partial charge in [0, 0.05) is 17.3 Å². The topological polar surface area (TPSA) is 99.1 Å². The van der Waals surface area contributed by atoms with Gasteiger partial charge in [-0.3, -0.25) is 14.4 Å². The lowest BCUT2D eigenvalue weighted by Crippen LogP contribution is -2.39. The maximum atomic E-state index is 12.4. The smallest absolute Gasteiger partial charge is 0.306 e. The number of benzene rings is 1. The van der Waals surface area contributed by atoms with E-state index < -0.39 is 5.97 Å². The Labute approximate surface area is 145 Å². The zero-order valence-electron chi connectivity index (χ0n) is 14.1. The van der Waals surface area contributed by atoms with E-state index in [9.17, 15) is 14.4 Å². The van der Waals surface area contributed by atoms with Gasteiger partial charge in [0.2, 0.25) is 0 Å². The third kappa shape index (κ3) is 3.87. The van der Waals surface area contributed by atoms with Gasteiger partial charge in [0.1, 0.15) is 0 Å². The quantitative estimate of drug-likeness (QED) is 0.875. The average molecular weight is 343 g/mol. The summed E-state index contributed by atoms with van der Waals surface area (Å²) in [5, 5.41) is 17.6. The molecule has 0 bridgehead atoms. The molecule has 3 rings (SSSR count). The van der Waals surface area contributed by atoms with Gasteiger partial charge in [0.25, 0.3) is 11.8 Å². The van der Waals surface area contributed by atoms with Crippen LogP contribution in [0.2, 0.25) is 0 Å². The van der Waals surface area contributed by atoms with E-state index in [1.807, 2.05) is 0 Å². The molecule has 2 unspecified atom stereocenters. The Kier molecular flexibility index (Phi) is 4.83. The molecule has 2 atom stereocenters. The van der Waals surface area contributed by atoms with E-state index in [1.165, 1.54) is 5.01 Å². The van der Waals surface area contributed by atoms with E-state index in [0.29, 0.717) is 30.5 Å². The lowest BCUT2D eigenvalue weighted by atomic mass is 9.85. The van der Waals surface area contributed by atoms with E-state index >= 15 is 0 Å². The first kappa shape index (κ1) is 17.1. The first-order chi connectivity index (χ1) is 11.9. The summed E-state index contributed by atoms with van der Waals surface area (Å²) < 4.78 is 0. The fourth-order valence-electron chi connectivity index (χ4n) is 3.33. The molecule has 1 aliphatic carbocycles. The van der Waals surface area contributed by atoms with Crippen LogP contribution in [0.15, 0.2) is 29.4 Å². The molecule has 0 saturated heterocycles. The standard InChI is InChI=1S/C18H21N3O4/c1-11-9-16(22)21(20-11)15-7-5-12(6-8-15)17(23)19-14-4-2-3-13(10-14)18(24)25/h5-8,13-14H,2-4,9-10H2,1H3,(H,19,23)(H,24,25). The summed E-state index contributed by atoms with van der Waals surface area (Å²) >= 11 is 0. The van der Waals surface area contributed by atoms with Crippen LogP contribution in [0, 0.1) is 5.92 Å². The predicted octanol–water partition coefficient (Wildman–Crippen LogP) is 2.17. The Balaban J connectivity index is 1.63. The minimum atomic E-state index is -0.797. The molecule has 7 heteroatoms. The second-order valence-electron chi connectivity index (χ2n) is 6.64. The molecule has 132 valence electrons. The van der Waals surface area contributed by atoms with Crippen LogP contribution in [0.1, 0.15) is 49.4 Å². The lowest BCUT2D eigenvalue weighted by Gasteiger charge is -2.27. The number of nitrogens with zero attached hydrogens (tertiary/aromatic N) is 2. The Bertz CT molecular complexity index is 726. The van der Waals surface area contributed by atoms with Crippen LogP contribution in [-0.2, 0) is 9.59 Å². The summed E-state index contributed by atoms with van der Waals surface area (Å²) in [5.41, 5.74) is 1.87. The van der Waals surface area contributed by atoms with Crippen LogP contribution in [-0.4, -0.2) is 34.6 Å². The summed E-state index contributed by atoms with van der Waals surface area (Å²) in [4.78, 5) is 35.3. The highest BCUT2D eigenvalue weighted by molar-refractivity contribution is 6.12. The van der Waals surface area contributed by atoms with Crippen LogP contribution < -0.4 is 10.3 Å². The fourth-order valence-corrected chi connectivity index (χ4v) is 3.33. The summed E-state index contributed by atoms with van der Waals surface area (Å²) in [6.45, 7) is 1.80. The Morgan fingerprint density at radius 3 is 2.56 bits per heavy atom. The maximum absolute atomic E-state index is 12.4. The Hall–Kier alpha value is -2.70. The first-order valence-corrected chi connectivity index (χ1v) is 8.45. The van der Waals surface area contributed by atoms with Crippen molar-refractivity contribution in [2.75, 3.05) is 5.01 Å². The number of amides is 2. The number of hydrogen-bond acceptors (Lipinski definition) is 4. The number of carbonyl (C=O) groups is 3. The zero-order valence-corrected chi connectivity index (χ0v) is 14.1. The molecule has 1 fully saturated rings. The fraction of sp³-hybridized carbons (Fsp3) is 0.444. The normalized spacial score (nSPS) is 23.3. The Morgan fingerprint density at radius 2 is 1.96 bits per heavy atom. The number of hydrogen-bond donors (Lipinski definition) is 2. The van der Waals surface area contributed by atoms with Crippen molar-refractivity contribution in [2.45, 2.75) is 45.1 Å². The number of rotatable bonds is 4. The number of hydrazone groups is 1. The highest BCUT2D eigenvalue weighted by Gasteiger charge is 2.28. The third-order valence-corrected chi connectivity index (χ3v) is 4.65. The van der Waals surface area contributed by atoms with Gasteiger partial charge in [-0.15, -0.1) is 0 Å². The minimum Gasteiger partial charge on any atom is -0.481 e. The van der Waals surface area contributed by atoms with E-state index in [0.717, 1.165) is 18.6 Å². The molecule has 25 heavy (non-hydrogen) atoms. The second-order valence-corrected chi connectivity index (χ2v) is 6.64. The molecule has 0 aromatic heterocycles. The maximum Gasteiger partial charge on any atom is 0.306 e. The highest BCUT2D eigenvalue weighted by Crippen LogP contribution is 2.25. The number of aliphatic carboxylic acids is 1. The molecular formula is C18H21N3O4. The van der Waals surface area contributed by atoms with Crippen LogP contribution in [0.4, 0.5) is 5.69 Å². The summed E-state index contributed by atoms with van der Waals surface area (Å²) in [5.74, 6) is -1.50. The lowest BCUT2D eigenvalue weighted by molar-refractivity contribution is -0.143. The van der Waals surface area contributed by atoms with Crippen molar-refractivity contribution < 1.29 is 19.5 Å². The molecule has 1 saturated carbocycles.